The first kappa shape index (κ1) is 30.9. The first-order valence-corrected chi connectivity index (χ1v) is 16.3. The summed E-state index contributed by atoms with van der Waals surface area (Å²) in [6, 6.07) is 23.0. The molecule has 0 aromatic heterocycles. The molecule has 1 aliphatic rings. The Morgan fingerprint density at radius 3 is 2.17 bits per heavy atom. The van der Waals surface area contributed by atoms with Crippen molar-refractivity contribution in [2.24, 2.45) is 0 Å². The Labute approximate surface area is 252 Å². The maximum atomic E-state index is 14.0. The summed E-state index contributed by atoms with van der Waals surface area (Å²) in [7, 11) is -2.51. The van der Waals surface area contributed by atoms with Crippen molar-refractivity contribution < 1.29 is 18.0 Å². The topological polar surface area (TPSA) is 86.8 Å². The van der Waals surface area contributed by atoms with Gasteiger partial charge in [0.25, 0.3) is 0 Å². The van der Waals surface area contributed by atoms with Gasteiger partial charge in [0.1, 0.15) is 6.04 Å². The maximum Gasteiger partial charge on any atom is 0.243 e. The second-order valence-corrected chi connectivity index (χ2v) is 13.7. The Kier molecular flexibility index (Phi) is 10.8. The van der Waals surface area contributed by atoms with E-state index in [4.69, 9.17) is 0 Å². The average Bonchev–Trinajstić information content (AvgIpc) is 2.97. The van der Waals surface area contributed by atoms with Crippen molar-refractivity contribution >= 4 is 37.8 Å². The van der Waals surface area contributed by atoms with Crippen LogP contribution in [0.1, 0.15) is 48.8 Å². The fraction of sp³-hybridized carbons (Fsp3) is 0.375. The molecule has 0 spiro atoms. The maximum absolute atomic E-state index is 14.0. The molecule has 1 aliphatic carbocycles. The van der Waals surface area contributed by atoms with Crippen molar-refractivity contribution in [1.82, 2.24) is 14.5 Å². The number of carbonyl (C=O) groups is 2. The number of halogens is 1. The number of carbonyl (C=O) groups excluding carboxylic acids is 2. The fourth-order valence-corrected chi connectivity index (χ4v) is 6.53. The van der Waals surface area contributed by atoms with E-state index in [1.54, 1.807) is 24.3 Å². The third kappa shape index (κ3) is 8.50. The number of benzene rings is 3. The van der Waals surface area contributed by atoms with Gasteiger partial charge in [0, 0.05) is 30.5 Å². The van der Waals surface area contributed by atoms with Crippen LogP contribution >= 0.6 is 15.9 Å². The zero-order chi connectivity index (χ0) is 29.4. The van der Waals surface area contributed by atoms with Gasteiger partial charge in [0.15, 0.2) is 0 Å². The van der Waals surface area contributed by atoms with E-state index < -0.39 is 28.5 Å². The Balaban J connectivity index is 1.65. The summed E-state index contributed by atoms with van der Waals surface area (Å²) >= 11 is 3.46. The van der Waals surface area contributed by atoms with Gasteiger partial charge in [-0.15, -0.1) is 0 Å². The second kappa shape index (κ2) is 14.2. The highest BCUT2D eigenvalue weighted by molar-refractivity contribution is 9.10. The molecule has 0 aliphatic heterocycles. The van der Waals surface area contributed by atoms with Gasteiger partial charge >= 0.3 is 0 Å². The predicted molar refractivity (Wildman–Crippen MR) is 165 cm³/mol. The van der Waals surface area contributed by atoms with Crippen molar-refractivity contribution in [2.45, 2.75) is 69.0 Å². The standard InChI is InChI=1S/C32H38BrN3O4S/c1-24-13-19-29(20-14-24)41(39,40)35(2)23-31(37)36(22-26-15-17-27(33)18-16-26)30(21-25-9-5-3-6-10-25)32(38)34-28-11-7-4-8-12-28/h3,5-6,9-10,13-20,28,30H,4,7-8,11-12,21-23H2,1-2H3,(H,34,38)/t30-/m1/s1. The SMILES string of the molecule is Cc1ccc(S(=O)(=O)N(C)CC(=O)N(Cc2ccc(Br)cc2)[C@H](Cc2ccccc2)C(=O)NC2CCCCC2)cc1. The number of sulfonamides is 1. The van der Waals surface area contributed by atoms with Crippen LogP contribution in [-0.4, -0.2) is 55.1 Å². The van der Waals surface area contributed by atoms with E-state index in [9.17, 15) is 18.0 Å². The highest BCUT2D eigenvalue weighted by Crippen LogP contribution is 2.21. The zero-order valence-corrected chi connectivity index (χ0v) is 26.0. The van der Waals surface area contributed by atoms with Crippen LogP contribution in [0.25, 0.3) is 0 Å². The van der Waals surface area contributed by atoms with Crippen LogP contribution in [0.5, 0.6) is 0 Å². The average molecular weight is 641 g/mol. The second-order valence-electron chi connectivity index (χ2n) is 10.8. The van der Waals surface area contributed by atoms with E-state index >= 15 is 0 Å². The highest BCUT2D eigenvalue weighted by atomic mass is 79.9. The molecule has 0 unspecified atom stereocenters. The molecule has 3 aromatic rings. The van der Waals surface area contributed by atoms with Gasteiger partial charge in [-0.1, -0.05) is 95.4 Å². The molecule has 0 saturated heterocycles. The molecule has 4 rings (SSSR count). The number of aryl methyl sites for hydroxylation is 1. The molecule has 1 fully saturated rings. The first-order valence-electron chi connectivity index (χ1n) is 14.0. The Morgan fingerprint density at radius 2 is 1.54 bits per heavy atom. The minimum Gasteiger partial charge on any atom is -0.352 e. The van der Waals surface area contributed by atoms with Crippen molar-refractivity contribution in [1.29, 1.82) is 0 Å². The lowest BCUT2D eigenvalue weighted by atomic mass is 9.94. The molecule has 3 aromatic carbocycles. The van der Waals surface area contributed by atoms with Crippen LogP contribution < -0.4 is 5.32 Å². The highest BCUT2D eigenvalue weighted by Gasteiger charge is 2.34. The quantitative estimate of drug-likeness (QED) is 0.302. The van der Waals surface area contributed by atoms with Gasteiger partial charge in [-0.05, 0) is 55.2 Å². The van der Waals surface area contributed by atoms with Crippen molar-refractivity contribution in [3.63, 3.8) is 0 Å². The Hall–Kier alpha value is -3.01. The molecule has 1 N–H and O–H groups in total. The molecular formula is C32H38BrN3O4S. The molecule has 0 radical (unpaired) electrons. The number of nitrogens with zero attached hydrogens (tertiary/aromatic N) is 2. The van der Waals surface area contributed by atoms with Gasteiger partial charge in [0.2, 0.25) is 21.8 Å². The lowest BCUT2D eigenvalue weighted by Gasteiger charge is -2.34. The summed E-state index contributed by atoms with van der Waals surface area (Å²) in [5, 5.41) is 3.21. The molecule has 41 heavy (non-hydrogen) atoms. The van der Waals surface area contributed by atoms with Crippen LogP contribution in [0.15, 0.2) is 88.2 Å². The number of hydrogen-bond donors (Lipinski definition) is 1. The molecule has 0 bridgehead atoms. The molecule has 218 valence electrons. The van der Waals surface area contributed by atoms with Crippen LogP contribution in [0.4, 0.5) is 0 Å². The number of rotatable bonds is 11. The smallest absolute Gasteiger partial charge is 0.243 e. The minimum absolute atomic E-state index is 0.0729. The minimum atomic E-state index is -3.91. The van der Waals surface area contributed by atoms with E-state index in [-0.39, 0.29) is 23.4 Å². The summed E-state index contributed by atoms with van der Waals surface area (Å²) in [4.78, 5) is 29.6. The fourth-order valence-electron chi connectivity index (χ4n) is 5.14. The molecule has 0 heterocycles. The largest absolute Gasteiger partial charge is 0.352 e. The number of likely N-dealkylation sites (N-methyl/N-ethyl adjacent to an activating group) is 1. The molecule has 1 saturated carbocycles. The van der Waals surface area contributed by atoms with Gasteiger partial charge < -0.3 is 10.2 Å². The van der Waals surface area contributed by atoms with E-state index in [1.807, 2.05) is 61.5 Å². The van der Waals surface area contributed by atoms with Crippen molar-refractivity contribution in [3.8, 4) is 0 Å². The van der Waals surface area contributed by atoms with E-state index in [1.165, 1.54) is 11.9 Å². The lowest BCUT2D eigenvalue weighted by Crippen LogP contribution is -2.54. The lowest BCUT2D eigenvalue weighted by molar-refractivity contribution is -0.141. The third-order valence-corrected chi connectivity index (χ3v) is 9.92. The molecule has 1 atom stereocenters. The van der Waals surface area contributed by atoms with Crippen LogP contribution in [0, 0.1) is 6.92 Å². The summed E-state index contributed by atoms with van der Waals surface area (Å²) in [5.41, 5.74) is 2.70. The molecule has 2 amide bonds. The van der Waals surface area contributed by atoms with Crippen LogP contribution in [0.2, 0.25) is 0 Å². The monoisotopic (exact) mass is 639 g/mol. The Morgan fingerprint density at radius 1 is 0.902 bits per heavy atom. The summed E-state index contributed by atoms with van der Waals surface area (Å²) < 4.78 is 28.6. The summed E-state index contributed by atoms with van der Waals surface area (Å²) in [6.45, 7) is 1.66. The summed E-state index contributed by atoms with van der Waals surface area (Å²) in [5.74, 6) is -0.652. The van der Waals surface area contributed by atoms with Gasteiger partial charge in [-0.2, -0.15) is 4.31 Å². The number of nitrogens with one attached hydrogen (secondary N) is 1. The molecule has 9 heteroatoms. The number of hydrogen-bond acceptors (Lipinski definition) is 4. The van der Waals surface area contributed by atoms with Crippen molar-refractivity contribution in [3.05, 3.63) is 100 Å². The Bertz CT molecular complexity index is 1410. The van der Waals surface area contributed by atoms with E-state index in [0.717, 1.165) is 57.6 Å². The summed E-state index contributed by atoms with van der Waals surface area (Å²) in [6.07, 6.45) is 5.45. The van der Waals surface area contributed by atoms with E-state index in [0.29, 0.717) is 6.42 Å². The van der Waals surface area contributed by atoms with E-state index in [2.05, 4.69) is 21.2 Å². The first-order chi connectivity index (χ1) is 19.6. The zero-order valence-electron chi connectivity index (χ0n) is 23.6. The van der Waals surface area contributed by atoms with Crippen molar-refractivity contribution in [2.75, 3.05) is 13.6 Å². The molecule has 7 nitrogen and oxygen atoms in total. The number of amides is 2. The van der Waals surface area contributed by atoms with Gasteiger partial charge in [-0.25, -0.2) is 8.42 Å². The van der Waals surface area contributed by atoms with Gasteiger partial charge in [-0.3, -0.25) is 9.59 Å². The van der Waals surface area contributed by atoms with Gasteiger partial charge in [0.05, 0.1) is 11.4 Å². The van der Waals surface area contributed by atoms with Crippen LogP contribution in [-0.2, 0) is 32.6 Å². The van der Waals surface area contributed by atoms with Crippen LogP contribution in [0.3, 0.4) is 0 Å². The predicted octanol–water partition coefficient (Wildman–Crippen LogP) is 5.47. The normalized spacial score (nSPS) is 14.9. The third-order valence-electron chi connectivity index (χ3n) is 7.58. The molecular weight excluding hydrogens is 602 g/mol.